The molecular formula is C12H15NaO4. The summed E-state index contributed by atoms with van der Waals surface area (Å²) in [5.41, 5.74) is -0.380. The molecule has 0 amide bonds. The first-order valence-electron chi connectivity index (χ1n) is 5.45. The first kappa shape index (κ1) is 16.2. The standard InChI is InChI=1S/C8H6O4.C4H9.Na/c9-7(10)5-3-1-2-4-6(5)8(11)12;1-3-4-2;/h1-4H,(H,9,10)(H,11,12);3H,4H2,1-2H3;. The van der Waals surface area contributed by atoms with Gasteiger partial charge in [0.1, 0.15) is 0 Å². The summed E-state index contributed by atoms with van der Waals surface area (Å²) in [6, 6.07) is 5.48. The first-order valence-corrected chi connectivity index (χ1v) is 6.61. The van der Waals surface area contributed by atoms with E-state index in [2.05, 4.69) is 13.8 Å². The number of hydrogen-bond acceptors (Lipinski definition) is 2. The average molecular weight is 246 g/mol. The van der Waals surface area contributed by atoms with Gasteiger partial charge in [-0.05, 0) is 12.1 Å². The summed E-state index contributed by atoms with van der Waals surface area (Å²) >= 11 is 1.37. The van der Waals surface area contributed by atoms with Crippen LogP contribution in [0, 0.1) is 0 Å². The third kappa shape index (κ3) is 6.46. The molecule has 1 rings (SSSR count). The minimum atomic E-state index is -1.23. The Hall–Kier alpha value is -0.840. The summed E-state index contributed by atoms with van der Waals surface area (Å²) in [5.74, 6) is -2.46. The van der Waals surface area contributed by atoms with E-state index in [4.69, 9.17) is 10.2 Å². The van der Waals surface area contributed by atoms with Crippen LogP contribution in [0.25, 0.3) is 0 Å². The van der Waals surface area contributed by atoms with Gasteiger partial charge in [0.15, 0.2) is 0 Å². The van der Waals surface area contributed by atoms with Crippen molar-refractivity contribution < 1.29 is 19.8 Å². The van der Waals surface area contributed by atoms with E-state index >= 15 is 0 Å². The van der Waals surface area contributed by atoms with Gasteiger partial charge in [-0.1, -0.05) is 12.1 Å². The molecule has 4 nitrogen and oxygen atoms in total. The van der Waals surface area contributed by atoms with Crippen molar-refractivity contribution >= 4 is 39.9 Å². The predicted molar refractivity (Wildman–Crippen MR) is 65.8 cm³/mol. The van der Waals surface area contributed by atoms with Gasteiger partial charge >= 0.3 is 63.3 Å². The fraction of sp³-hybridized carbons (Fsp3) is 0.333. The summed E-state index contributed by atoms with van der Waals surface area (Å²) in [5, 5.41) is 17.1. The fourth-order valence-electron chi connectivity index (χ4n) is 0.856. The summed E-state index contributed by atoms with van der Waals surface area (Å²) in [6.07, 6.45) is 1.37. The van der Waals surface area contributed by atoms with Crippen molar-refractivity contribution in [3.63, 3.8) is 0 Å². The van der Waals surface area contributed by atoms with E-state index in [1.807, 2.05) is 0 Å². The zero-order chi connectivity index (χ0) is 13.4. The minimum absolute atomic E-state index is 0.190. The van der Waals surface area contributed by atoms with Crippen molar-refractivity contribution in [3.8, 4) is 0 Å². The Morgan fingerprint density at radius 1 is 1.18 bits per heavy atom. The molecule has 0 bridgehead atoms. The zero-order valence-corrected chi connectivity index (χ0v) is 12.3. The van der Waals surface area contributed by atoms with Gasteiger partial charge < -0.3 is 10.2 Å². The van der Waals surface area contributed by atoms with Gasteiger partial charge in [0.05, 0.1) is 11.1 Å². The van der Waals surface area contributed by atoms with Crippen LogP contribution in [0.15, 0.2) is 24.3 Å². The van der Waals surface area contributed by atoms with Gasteiger partial charge in [0.25, 0.3) is 0 Å². The van der Waals surface area contributed by atoms with Crippen molar-refractivity contribution in [3.05, 3.63) is 35.4 Å². The van der Waals surface area contributed by atoms with Gasteiger partial charge in [-0.3, -0.25) is 0 Å². The summed E-state index contributed by atoms with van der Waals surface area (Å²) in [6.45, 7) is 4.52. The Labute approximate surface area is 118 Å². The molecule has 0 aliphatic rings. The average Bonchev–Trinajstić information content (AvgIpc) is 2.29. The van der Waals surface area contributed by atoms with Crippen molar-refractivity contribution in [1.82, 2.24) is 0 Å². The number of aromatic carboxylic acids is 2. The molecule has 1 unspecified atom stereocenters. The zero-order valence-electron chi connectivity index (χ0n) is 10.3. The molecule has 5 heteroatoms. The first-order chi connectivity index (χ1) is 7.90. The van der Waals surface area contributed by atoms with Crippen LogP contribution in [-0.2, 0) is 0 Å². The second kappa shape index (κ2) is 8.28. The normalized spacial score (nSPS) is 11.1. The van der Waals surface area contributed by atoms with E-state index in [1.54, 1.807) is 0 Å². The van der Waals surface area contributed by atoms with Crippen LogP contribution in [0.3, 0.4) is 0 Å². The molecule has 0 aliphatic heterocycles. The molecule has 1 atom stereocenters. The molecule has 0 saturated carbocycles. The third-order valence-electron chi connectivity index (χ3n) is 2.20. The molecule has 0 aliphatic carbocycles. The topological polar surface area (TPSA) is 74.6 Å². The number of rotatable bonds is 3. The molecule has 0 fully saturated rings. The number of carbonyl (C=O) groups is 2. The Kier molecular flexibility index (Phi) is 7.87. The minimum Gasteiger partial charge on any atom is -0.478 e. The monoisotopic (exact) mass is 246 g/mol. The molecule has 0 spiro atoms. The maximum atomic E-state index is 10.5. The summed E-state index contributed by atoms with van der Waals surface area (Å²) in [4.78, 5) is 20.9. The van der Waals surface area contributed by atoms with Crippen LogP contribution in [0.5, 0.6) is 0 Å². The van der Waals surface area contributed by atoms with Gasteiger partial charge in [-0.15, -0.1) is 0 Å². The molecule has 1 aromatic rings. The number of carboxylic acids is 2. The van der Waals surface area contributed by atoms with Crippen LogP contribution in [0.2, 0.25) is 3.17 Å². The Morgan fingerprint density at radius 2 is 1.47 bits per heavy atom. The second-order valence-corrected chi connectivity index (χ2v) is 5.93. The van der Waals surface area contributed by atoms with E-state index in [9.17, 15) is 9.59 Å². The molecule has 0 aromatic heterocycles. The van der Waals surface area contributed by atoms with E-state index < -0.39 is 11.9 Å². The van der Waals surface area contributed by atoms with Crippen LogP contribution in [0.4, 0.5) is 0 Å². The Morgan fingerprint density at radius 3 is 1.65 bits per heavy atom. The molecule has 0 saturated heterocycles. The van der Waals surface area contributed by atoms with Crippen molar-refractivity contribution in [1.29, 1.82) is 0 Å². The number of benzene rings is 1. The predicted octanol–water partition coefficient (Wildman–Crippen LogP) is 2.46. The molecule has 0 radical (unpaired) electrons. The van der Waals surface area contributed by atoms with Gasteiger partial charge in [0.2, 0.25) is 0 Å². The number of hydrogen-bond donors (Lipinski definition) is 2. The van der Waals surface area contributed by atoms with Crippen LogP contribution in [-0.4, -0.2) is 50.1 Å². The van der Waals surface area contributed by atoms with E-state index in [-0.39, 0.29) is 11.1 Å². The second-order valence-electron chi connectivity index (χ2n) is 3.96. The molecule has 2 N–H and O–H groups in total. The quantitative estimate of drug-likeness (QED) is 0.803. The maximum absolute atomic E-state index is 10.5. The summed E-state index contributed by atoms with van der Waals surface area (Å²) in [7, 11) is 0. The van der Waals surface area contributed by atoms with E-state index in [0.29, 0.717) is 0 Å². The molecule has 1 aromatic carbocycles. The van der Waals surface area contributed by atoms with Crippen LogP contribution >= 0.6 is 0 Å². The van der Waals surface area contributed by atoms with Gasteiger partial charge in [0, 0.05) is 0 Å². The fourth-order valence-corrected chi connectivity index (χ4v) is 0.856. The summed E-state index contributed by atoms with van der Waals surface area (Å²) < 4.78 is 1.02. The van der Waals surface area contributed by atoms with Crippen molar-refractivity contribution in [2.24, 2.45) is 0 Å². The molecule has 17 heavy (non-hydrogen) atoms. The molecule has 88 valence electrons. The SMILES string of the molecule is CC[CH](C)[Na].O=C(O)c1ccccc1C(=O)O. The van der Waals surface area contributed by atoms with E-state index in [0.717, 1.165) is 3.17 Å². The van der Waals surface area contributed by atoms with E-state index in [1.165, 1.54) is 58.6 Å². The maximum Gasteiger partial charge on any atom is 0.336 e. The van der Waals surface area contributed by atoms with Crippen molar-refractivity contribution in [2.45, 2.75) is 23.4 Å². The Bertz CT molecular complexity index is 355. The molecule has 0 heterocycles. The van der Waals surface area contributed by atoms with Gasteiger partial charge in [-0.2, -0.15) is 0 Å². The van der Waals surface area contributed by atoms with Crippen molar-refractivity contribution in [2.75, 3.05) is 0 Å². The van der Waals surface area contributed by atoms with Crippen LogP contribution < -0.4 is 0 Å². The third-order valence-corrected chi connectivity index (χ3v) is 3.02. The molecular weight excluding hydrogens is 231 g/mol. The number of carboxylic acid groups (broad SMARTS) is 2. The smallest absolute Gasteiger partial charge is 0.336 e. The Balaban J connectivity index is 0.000000437. The van der Waals surface area contributed by atoms with Crippen LogP contribution in [0.1, 0.15) is 41.0 Å². The largest absolute Gasteiger partial charge is 0.478 e. The van der Waals surface area contributed by atoms with Gasteiger partial charge in [-0.25, -0.2) is 9.59 Å².